The van der Waals surface area contributed by atoms with Crippen molar-refractivity contribution in [3.05, 3.63) is 35.8 Å². The van der Waals surface area contributed by atoms with Gasteiger partial charge in [0, 0.05) is 19.0 Å². The first-order valence-corrected chi connectivity index (χ1v) is 7.94. The summed E-state index contributed by atoms with van der Waals surface area (Å²) in [5.41, 5.74) is 1.39. The summed E-state index contributed by atoms with van der Waals surface area (Å²) in [6.07, 6.45) is 9.98. The van der Waals surface area contributed by atoms with Crippen LogP contribution in [0.5, 0.6) is 0 Å². The number of allylic oxidation sites excluding steroid dienone is 1. The van der Waals surface area contributed by atoms with Gasteiger partial charge in [0.1, 0.15) is 5.76 Å². The summed E-state index contributed by atoms with van der Waals surface area (Å²) in [6, 6.07) is 3.50. The predicted octanol–water partition coefficient (Wildman–Crippen LogP) is 2.33. The highest BCUT2D eigenvalue weighted by atomic mass is 16.3. The third kappa shape index (κ3) is 5.39. The van der Waals surface area contributed by atoms with Gasteiger partial charge in [-0.3, -0.25) is 9.59 Å². The van der Waals surface area contributed by atoms with Crippen LogP contribution >= 0.6 is 0 Å². The molecule has 0 saturated carbocycles. The van der Waals surface area contributed by atoms with Gasteiger partial charge in [-0.15, -0.1) is 0 Å². The summed E-state index contributed by atoms with van der Waals surface area (Å²) in [5.74, 6) is -0.364. The Morgan fingerprint density at radius 1 is 1.32 bits per heavy atom. The first-order chi connectivity index (χ1) is 10.6. The zero-order chi connectivity index (χ0) is 15.8. The van der Waals surface area contributed by atoms with Gasteiger partial charge in [-0.05, 0) is 51.2 Å². The molecule has 0 bridgehead atoms. The van der Waals surface area contributed by atoms with Crippen molar-refractivity contribution in [2.24, 2.45) is 0 Å². The highest BCUT2D eigenvalue weighted by Gasteiger charge is 2.16. The van der Waals surface area contributed by atoms with Crippen molar-refractivity contribution in [3.63, 3.8) is 0 Å². The summed E-state index contributed by atoms with van der Waals surface area (Å²) in [7, 11) is 0. The van der Waals surface area contributed by atoms with Crippen molar-refractivity contribution < 1.29 is 14.0 Å². The van der Waals surface area contributed by atoms with E-state index in [2.05, 4.69) is 16.7 Å². The average molecular weight is 304 g/mol. The first-order valence-electron chi connectivity index (χ1n) is 7.94. The van der Waals surface area contributed by atoms with Crippen molar-refractivity contribution >= 4 is 11.8 Å². The second-order valence-corrected chi connectivity index (χ2v) is 5.77. The smallest absolute Gasteiger partial charge is 0.309 e. The number of amides is 2. The van der Waals surface area contributed by atoms with Crippen LogP contribution in [-0.4, -0.2) is 24.4 Å². The molecule has 120 valence electrons. The van der Waals surface area contributed by atoms with Crippen LogP contribution < -0.4 is 10.6 Å². The zero-order valence-corrected chi connectivity index (χ0v) is 13.1. The molecule has 1 aliphatic carbocycles. The monoisotopic (exact) mass is 304 g/mol. The normalized spacial score (nSPS) is 15.8. The Bertz CT molecular complexity index is 520. The third-order valence-corrected chi connectivity index (χ3v) is 3.79. The SMILES string of the molecule is C[C@@H](Cc1ccco1)NC(=O)C(=O)NCCC1=CCCCC1. The minimum absolute atomic E-state index is 0.148. The van der Waals surface area contributed by atoms with Gasteiger partial charge in [0.05, 0.1) is 6.26 Å². The lowest BCUT2D eigenvalue weighted by Crippen LogP contribution is -2.44. The molecule has 0 radical (unpaired) electrons. The Morgan fingerprint density at radius 3 is 2.86 bits per heavy atom. The Morgan fingerprint density at radius 2 is 2.18 bits per heavy atom. The second-order valence-electron chi connectivity index (χ2n) is 5.77. The molecular formula is C17H24N2O3. The molecule has 0 aromatic carbocycles. The Balaban J connectivity index is 1.65. The number of furan rings is 1. The van der Waals surface area contributed by atoms with Gasteiger partial charge < -0.3 is 15.1 Å². The molecule has 0 unspecified atom stereocenters. The summed E-state index contributed by atoms with van der Waals surface area (Å²) >= 11 is 0. The van der Waals surface area contributed by atoms with E-state index in [0.29, 0.717) is 13.0 Å². The molecule has 0 spiro atoms. The molecule has 2 rings (SSSR count). The molecule has 0 saturated heterocycles. The van der Waals surface area contributed by atoms with Crippen molar-refractivity contribution in [1.29, 1.82) is 0 Å². The van der Waals surface area contributed by atoms with Gasteiger partial charge in [0.15, 0.2) is 0 Å². The molecule has 22 heavy (non-hydrogen) atoms. The van der Waals surface area contributed by atoms with E-state index in [1.165, 1.54) is 18.4 Å². The van der Waals surface area contributed by atoms with Crippen LogP contribution in [0.3, 0.4) is 0 Å². The average Bonchev–Trinajstić information content (AvgIpc) is 3.00. The first kappa shape index (κ1) is 16.3. The molecule has 0 aliphatic heterocycles. The number of hydrogen-bond acceptors (Lipinski definition) is 3. The molecular weight excluding hydrogens is 280 g/mol. The summed E-state index contributed by atoms with van der Waals surface area (Å²) in [4.78, 5) is 23.6. The molecule has 5 nitrogen and oxygen atoms in total. The fourth-order valence-electron chi connectivity index (χ4n) is 2.62. The summed E-state index contributed by atoms with van der Waals surface area (Å²) in [5, 5.41) is 5.36. The van der Waals surface area contributed by atoms with E-state index in [-0.39, 0.29) is 6.04 Å². The topological polar surface area (TPSA) is 71.3 Å². The lowest BCUT2D eigenvalue weighted by molar-refractivity contribution is -0.139. The molecule has 1 aromatic heterocycles. The van der Waals surface area contributed by atoms with Crippen molar-refractivity contribution in [2.45, 2.75) is 51.5 Å². The van der Waals surface area contributed by atoms with Crippen LogP contribution in [0.4, 0.5) is 0 Å². The number of hydrogen-bond donors (Lipinski definition) is 2. The second kappa shape index (κ2) is 8.41. The van der Waals surface area contributed by atoms with Crippen LogP contribution in [0.25, 0.3) is 0 Å². The molecule has 5 heteroatoms. The van der Waals surface area contributed by atoms with Crippen LogP contribution in [0.2, 0.25) is 0 Å². The number of rotatable bonds is 6. The number of nitrogens with one attached hydrogen (secondary N) is 2. The summed E-state index contributed by atoms with van der Waals surface area (Å²) in [6.45, 7) is 2.37. The van der Waals surface area contributed by atoms with Gasteiger partial charge in [0.25, 0.3) is 0 Å². The minimum Gasteiger partial charge on any atom is -0.469 e. The lowest BCUT2D eigenvalue weighted by Gasteiger charge is -2.14. The maximum Gasteiger partial charge on any atom is 0.309 e. The number of carbonyl (C=O) groups is 2. The van der Waals surface area contributed by atoms with E-state index in [1.54, 1.807) is 12.3 Å². The van der Waals surface area contributed by atoms with E-state index in [4.69, 9.17) is 4.42 Å². The molecule has 1 aromatic rings. The maximum absolute atomic E-state index is 11.8. The Labute approximate surface area is 131 Å². The maximum atomic E-state index is 11.8. The fourth-order valence-corrected chi connectivity index (χ4v) is 2.62. The predicted molar refractivity (Wildman–Crippen MR) is 84.2 cm³/mol. The minimum atomic E-state index is -0.586. The highest BCUT2D eigenvalue weighted by molar-refractivity contribution is 6.35. The number of carbonyl (C=O) groups excluding carboxylic acids is 2. The van der Waals surface area contributed by atoms with Gasteiger partial charge in [-0.1, -0.05) is 11.6 Å². The van der Waals surface area contributed by atoms with Crippen molar-refractivity contribution in [2.75, 3.05) is 6.54 Å². The van der Waals surface area contributed by atoms with E-state index < -0.39 is 11.8 Å². The van der Waals surface area contributed by atoms with Crippen LogP contribution in [0, 0.1) is 0 Å². The largest absolute Gasteiger partial charge is 0.469 e. The van der Waals surface area contributed by atoms with Crippen molar-refractivity contribution in [3.8, 4) is 0 Å². The van der Waals surface area contributed by atoms with E-state index in [9.17, 15) is 9.59 Å². The molecule has 0 fully saturated rings. The Kier molecular flexibility index (Phi) is 6.25. The van der Waals surface area contributed by atoms with Crippen molar-refractivity contribution in [1.82, 2.24) is 10.6 Å². The van der Waals surface area contributed by atoms with Crippen LogP contribution in [0.15, 0.2) is 34.5 Å². The Hall–Kier alpha value is -2.04. The molecule has 1 aliphatic rings. The van der Waals surface area contributed by atoms with Crippen LogP contribution in [-0.2, 0) is 16.0 Å². The van der Waals surface area contributed by atoms with Gasteiger partial charge in [-0.25, -0.2) is 0 Å². The van der Waals surface area contributed by atoms with E-state index >= 15 is 0 Å². The summed E-state index contributed by atoms with van der Waals surface area (Å²) < 4.78 is 5.22. The highest BCUT2D eigenvalue weighted by Crippen LogP contribution is 2.19. The van der Waals surface area contributed by atoms with E-state index in [0.717, 1.165) is 25.0 Å². The van der Waals surface area contributed by atoms with Gasteiger partial charge >= 0.3 is 11.8 Å². The molecule has 2 N–H and O–H groups in total. The lowest BCUT2D eigenvalue weighted by atomic mass is 9.97. The zero-order valence-electron chi connectivity index (χ0n) is 13.1. The van der Waals surface area contributed by atoms with E-state index in [1.807, 2.05) is 13.0 Å². The van der Waals surface area contributed by atoms with Gasteiger partial charge in [0.2, 0.25) is 0 Å². The van der Waals surface area contributed by atoms with Gasteiger partial charge in [-0.2, -0.15) is 0 Å². The van der Waals surface area contributed by atoms with Crippen LogP contribution in [0.1, 0.15) is 44.8 Å². The fraction of sp³-hybridized carbons (Fsp3) is 0.529. The standard InChI is InChI=1S/C17H24N2O3/c1-13(12-15-8-5-11-22-15)19-17(21)16(20)18-10-9-14-6-3-2-4-7-14/h5-6,8,11,13H,2-4,7,9-10,12H2,1H3,(H,18,20)(H,19,21)/t13-/m0/s1. The molecule has 2 amide bonds. The third-order valence-electron chi connectivity index (χ3n) is 3.79. The quantitative estimate of drug-likeness (QED) is 0.626. The molecule has 1 heterocycles. The molecule has 1 atom stereocenters.